The van der Waals surface area contributed by atoms with Crippen LogP contribution in [0.5, 0.6) is 0 Å². The maximum atomic E-state index is 12.7. The average Bonchev–Trinajstić information content (AvgIpc) is 3.38. The van der Waals surface area contributed by atoms with Gasteiger partial charge in [0, 0.05) is 23.8 Å². The van der Waals surface area contributed by atoms with Crippen LogP contribution in [0.15, 0.2) is 64.2 Å². The predicted molar refractivity (Wildman–Crippen MR) is 114 cm³/mol. The molecule has 0 aliphatic rings. The molecule has 0 aliphatic heterocycles. The van der Waals surface area contributed by atoms with Crippen LogP contribution in [0.2, 0.25) is 0 Å². The van der Waals surface area contributed by atoms with E-state index in [1.807, 2.05) is 41.1 Å². The molecular formula is C20H19NO4S3. The lowest BCUT2D eigenvalue weighted by Gasteiger charge is -2.12. The molecule has 0 spiro atoms. The average molecular weight is 434 g/mol. The summed E-state index contributed by atoms with van der Waals surface area (Å²) >= 11 is 3.00. The SMILES string of the molecule is CN(C)S(=O)(=O)c1cccc(COC(=O)C(=Cc2cccs2)c2cccs2)c1. The van der Waals surface area contributed by atoms with Gasteiger partial charge in [-0.2, -0.15) is 0 Å². The summed E-state index contributed by atoms with van der Waals surface area (Å²) < 4.78 is 31.2. The van der Waals surface area contributed by atoms with E-state index in [-0.39, 0.29) is 11.5 Å². The smallest absolute Gasteiger partial charge is 0.339 e. The van der Waals surface area contributed by atoms with Crippen LogP contribution in [-0.4, -0.2) is 32.8 Å². The number of hydrogen-bond donors (Lipinski definition) is 0. The number of benzene rings is 1. The number of carbonyl (C=O) groups excluding carboxylic acids is 1. The Morgan fingerprint density at radius 3 is 2.46 bits per heavy atom. The molecule has 0 aliphatic carbocycles. The number of sulfonamides is 1. The van der Waals surface area contributed by atoms with Crippen LogP contribution >= 0.6 is 22.7 Å². The molecule has 3 aromatic rings. The summed E-state index contributed by atoms with van der Waals surface area (Å²) in [6.07, 6.45) is 1.81. The van der Waals surface area contributed by atoms with E-state index >= 15 is 0 Å². The number of thiophene rings is 2. The fourth-order valence-corrected chi connectivity index (χ4v) is 4.77. The summed E-state index contributed by atoms with van der Waals surface area (Å²) in [7, 11) is -0.586. The molecule has 146 valence electrons. The maximum absolute atomic E-state index is 12.7. The Balaban J connectivity index is 1.79. The zero-order valence-corrected chi connectivity index (χ0v) is 17.8. The second-order valence-corrected chi connectivity index (χ2v) is 10.1. The second kappa shape index (κ2) is 8.83. The largest absolute Gasteiger partial charge is 0.457 e. The van der Waals surface area contributed by atoms with Crippen LogP contribution in [0.4, 0.5) is 0 Å². The first-order valence-corrected chi connectivity index (χ1v) is 11.6. The van der Waals surface area contributed by atoms with E-state index in [4.69, 9.17) is 4.74 Å². The topological polar surface area (TPSA) is 63.7 Å². The molecular weight excluding hydrogens is 414 g/mol. The third-order valence-electron chi connectivity index (χ3n) is 3.88. The molecule has 0 bridgehead atoms. The van der Waals surface area contributed by atoms with Crippen molar-refractivity contribution >= 4 is 50.3 Å². The fraction of sp³-hybridized carbons (Fsp3) is 0.150. The lowest BCUT2D eigenvalue weighted by molar-refractivity contribution is -0.137. The summed E-state index contributed by atoms with van der Waals surface area (Å²) in [5.74, 6) is -0.447. The van der Waals surface area contributed by atoms with Gasteiger partial charge in [0.1, 0.15) is 6.61 Å². The van der Waals surface area contributed by atoms with Gasteiger partial charge in [-0.3, -0.25) is 0 Å². The van der Waals surface area contributed by atoms with Crippen LogP contribution in [0, 0.1) is 0 Å². The summed E-state index contributed by atoms with van der Waals surface area (Å²) in [5, 5.41) is 3.85. The molecule has 0 atom stereocenters. The number of nitrogens with zero attached hydrogens (tertiary/aromatic N) is 1. The molecule has 0 amide bonds. The highest BCUT2D eigenvalue weighted by Gasteiger charge is 2.19. The number of carbonyl (C=O) groups is 1. The van der Waals surface area contributed by atoms with E-state index < -0.39 is 16.0 Å². The van der Waals surface area contributed by atoms with Gasteiger partial charge in [0.15, 0.2) is 0 Å². The van der Waals surface area contributed by atoms with Crippen LogP contribution in [0.3, 0.4) is 0 Å². The van der Waals surface area contributed by atoms with Gasteiger partial charge in [-0.15, -0.1) is 22.7 Å². The molecule has 0 N–H and O–H groups in total. The zero-order chi connectivity index (χ0) is 20.1. The minimum absolute atomic E-state index is 0.0111. The van der Waals surface area contributed by atoms with Crippen molar-refractivity contribution in [1.82, 2.24) is 4.31 Å². The van der Waals surface area contributed by atoms with E-state index in [2.05, 4.69) is 0 Å². The van der Waals surface area contributed by atoms with Gasteiger partial charge in [-0.1, -0.05) is 24.3 Å². The van der Waals surface area contributed by atoms with E-state index in [1.165, 1.54) is 48.9 Å². The van der Waals surface area contributed by atoms with Gasteiger partial charge < -0.3 is 4.74 Å². The lowest BCUT2D eigenvalue weighted by Crippen LogP contribution is -2.22. The standard InChI is InChI=1S/C20H19NO4S3/c1-21(2)28(23,24)17-8-3-6-15(12-17)14-25-20(22)18(19-9-5-11-27-19)13-16-7-4-10-26-16/h3-13H,14H2,1-2H3. The Hall–Kier alpha value is -2.26. The van der Waals surface area contributed by atoms with Crippen molar-refractivity contribution in [3.8, 4) is 0 Å². The molecule has 0 saturated carbocycles. The van der Waals surface area contributed by atoms with E-state index in [0.717, 1.165) is 14.1 Å². The Labute approximate surface area is 172 Å². The van der Waals surface area contributed by atoms with Crippen molar-refractivity contribution in [3.63, 3.8) is 0 Å². The Morgan fingerprint density at radius 2 is 1.82 bits per heavy atom. The van der Waals surface area contributed by atoms with E-state index in [0.29, 0.717) is 11.1 Å². The molecule has 8 heteroatoms. The minimum atomic E-state index is -3.54. The number of rotatable bonds is 7. The van der Waals surface area contributed by atoms with Crippen LogP contribution < -0.4 is 0 Å². The summed E-state index contributed by atoms with van der Waals surface area (Å²) in [5.41, 5.74) is 1.09. The highest BCUT2D eigenvalue weighted by Crippen LogP contribution is 2.26. The first kappa shape index (κ1) is 20.5. The fourth-order valence-electron chi connectivity index (χ4n) is 2.41. The molecule has 0 saturated heterocycles. The van der Waals surface area contributed by atoms with Crippen molar-refractivity contribution in [2.24, 2.45) is 0 Å². The van der Waals surface area contributed by atoms with Crippen LogP contribution in [0.25, 0.3) is 11.6 Å². The predicted octanol–water partition coefficient (Wildman–Crippen LogP) is 4.34. The minimum Gasteiger partial charge on any atom is -0.457 e. The molecule has 3 rings (SSSR count). The van der Waals surface area contributed by atoms with Crippen molar-refractivity contribution in [2.75, 3.05) is 14.1 Å². The van der Waals surface area contributed by atoms with Gasteiger partial charge in [-0.05, 0) is 46.7 Å². The first-order valence-electron chi connectivity index (χ1n) is 8.35. The maximum Gasteiger partial charge on any atom is 0.339 e. The highest BCUT2D eigenvalue weighted by atomic mass is 32.2. The zero-order valence-electron chi connectivity index (χ0n) is 15.4. The number of ether oxygens (including phenoxy) is 1. The molecule has 0 radical (unpaired) electrons. The number of esters is 1. The summed E-state index contributed by atoms with van der Waals surface area (Å²) in [6, 6.07) is 14.0. The summed E-state index contributed by atoms with van der Waals surface area (Å²) in [4.78, 5) is 14.7. The Morgan fingerprint density at radius 1 is 1.07 bits per heavy atom. The van der Waals surface area contributed by atoms with Crippen molar-refractivity contribution in [2.45, 2.75) is 11.5 Å². The molecule has 5 nitrogen and oxygen atoms in total. The second-order valence-electron chi connectivity index (χ2n) is 6.06. The quantitative estimate of drug-likeness (QED) is 0.411. The Kier molecular flexibility index (Phi) is 6.46. The third kappa shape index (κ3) is 4.77. The first-order chi connectivity index (χ1) is 13.4. The van der Waals surface area contributed by atoms with Gasteiger partial charge >= 0.3 is 5.97 Å². The van der Waals surface area contributed by atoms with Gasteiger partial charge in [0.25, 0.3) is 0 Å². The molecule has 28 heavy (non-hydrogen) atoms. The Bertz CT molecular complexity index is 1070. The highest BCUT2D eigenvalue weighted by molar-refractivity contribution is 7.89. The number of hydrogen-bond acceptors (Lipinski definition) is 6. The van der Waals surface area contributed by atoms with Gasteiger partial charge in [0.05, 0.1) is 10.5 Å². The molecule has 1 aromatic carbocycles. The van der Waals surface area contributed by atoms with E-state index in [9.17, 15) is 13.2 Å². The van der Waals surface area contributed by atoms with Crippen LogP contribution in [0.1, 0.15) is 15.3 Å². The van der Waals surface area contributed by atoms with Crippen LogP contribution in [-0.2, 0) is 26.2 Å². The summed E-state index contributed by atoms with van der Waals surface area (Å²) in [6.45, 7) is -0.0111. The molecule has 2 aromatic heterocycles. The normalized spacial score (nSPS) is 12.3. The monoisotopic (exact) mass is 433 g/mol. The van der Waals surface area contributed by atoms with Gasteiger partial charge in [0.2, 0.25) is 10.0 Å². The van der Waals surface area contributed by atoms with Crippen molar-refractivity contribution < 1.29 is 17.9 Å². The van der Waals surface area contributed by atoms with Gasteiger partial charge in [-0.25, -0.2) is 17.5 Å². The van der Waals surface area contributed by atoms with Crippen molar-refractivity contribution in [1.29, 1.82) is 0 Å². The van der Waals surface area contributed by atoms with E-state index in [1.54, 1.807) is 12.1 Å². The molecule has 0 unspecified atom stereocenters. The van der Waals surface area contributed by atoms with Crippen molar-refractivity contribution in [3.05, 3.63) is 74.6 Å². The molecule has 2 heterocycles. The third-order valence-corrected chi connectivity index (χ3v) is 7.42. The molecule has 0 fully saturated rings. The lowest BCUT2D eigenvalue weighted by atomic mass is 10.2.